The summed E-state index contributed by atoms with van der Waals surface area (Å²) in [6, 6.07) is 12.2. The molecule has 3 aromatic rings. The number of thioether (sulfide) groups is 1. The van der Waals surface area contributed by atoms with E-state index in [2.05, 4.69) is 4.98 Å². The molecular weight excluding hydrogens is 320 g/mol. The summed E-state index contributed by atoms with van der Waals surface area (Å²) in [4.78, 5) is 16.6. The van der Waals surface area contributed by atoms with Crippen LogP contribution in [0.15, 0.2) is 52.3 Å². The molecule has 112 valence electrons. The number of hydrogen-bond acceptors (Lipinski definition) is 4. The second-order valence-corrected chi connectivity index (χ2v) is 6.31. The van der Waals surface area contributed by atoms with Gasteiger partial charge in [-0.15, -0.1) is 11.8 Å². The first-order valence-corrected chi connectivity index (χ1v) is 8.11. The molecule has 22 heavy (non-hydrogen) atoms. The molecule has 0 bridgehead atoms. The predicted molar refractivity (Wildman–Crippen MR) is 90.4 cm³/mol. The van der Waals surface area contributed by atoms with Crippen LogP contribution in [0, 0.1) is 0 Å². The predicted octanol–water partition coefficient (Wildman–Crippen LogP) is 3.86. The maximum Gasteiger partial charge on any atom is 0.353 e. The number of aromatic nitrogens is 2. The first kappa shape index (κ1) is 14.9. The summed E-state index contributed by atoms with van der Waals surface area (Å²) in [5, 5.41) is 12.1. The first-order chi connectivity index (χ1) is 10.6. The van der Waals surface area contributed by atoms with Gasteiger partial charge >= 0.3 is 5.69 Å². The molecule has 3 rings (SSSR count). The van der Waals surface area contributed by atoms with Crippen LogP contribution in [0.2, 0.25) is 5.02 Å². The highest BCUT2D eigenvalue weighted by Gasteiger charge is 2.14. The quantitative estimate of drug-likeness (QED) is 0.584. The summed E-state index contributed by atoms with van der Waals surface area (Å²) in [7, 11) is 0. The second-order valence-electron chi connectivity index (χ2n) is 4.62. The van der Waals surface area contributed by atoms with Crippen molar-refractivity contribution >= 4 is 34.3 Å². The van der Waals surface area contributed by atoms with Gasteiger partial charge in [0.05, 0.1) is 11.2 Å². The number of phenolic OH excluding ortho intramolecular Hbond substituents is 1. The summed E-state index contributed by atoms with van der Waals surface area (Å²) in [5.41, 5.74) is 0.648. The fourth-order valence-electron chi connectivity index (χ4n) is 2.31. The molecule has 6 heteroatoms. The van der Waals surface area contributed by atoms with Crippen molar-refractivity contribution in [1.82, 2.24) is 9.55 Å². The number of rotatable bonds is 3. The zero-order chi connectivity index (χ0) is 15.7. The van der Waals surface area contributed by atoms with Gasteiger partial charge in [-0.05, 0) is 24.0 Å². The van der Waals surface area contributed by atoms with Gasteiger partial charge in [-0.2, -0.15) is 4.98 Å². The first-order valence-electron chi connectivity index (χ1n) is 6.75. The smallest absolute Gasteiger partial charge is 0.353 e. The number of halogens is 1. The molecule has 0 aliphatic heterocycles. The molecule has 0 atom stereocenters. The van der Waals surface area contributed by atoms with Crippen molar-refractivity contribution in [2.24, 2.45) is 0 Å². The van der Waals surface area contributed by atoms with E-state index in [-0.39, 0.29) is 5.75 Å². The molecule has 1 aromatic heterocycles. The lowest BCUT2D eigenvalue weighted by atomic mass is 10.2. The van der Waals surface area contributed by atoms with E-state index >= 15 is 0 Å². The third kappa shape index (κ3) is 2.58. The van der Waals surface area contributed by atoms with Crippen LogP contribution in [-0.4, -0.2) is 20.4 Å². The minimum atomic E-state index is -0.424. The van der Waals surface area contributed by atoms with E-state index in [9.17, 15) is 9.90 Å². The van der Waals surface area contributed by atoms with Gasteiger partial charge in [0.25, 0.3) is 0 Å². The molecule has 0 unspecified atom stereocenters. The molecule has 0 aliphatic rings. The molecule has 4 nitrogen and oxygen atoms in total. The number of para-hydroxylation sites is 1. The van der Waals surface area contributed by atoms with E-state index in [0.717, 1.165) is 11.1 Å². The number of hydrogen-bond donors (Lipinski definition) is 1. The summed E-state index contributed by atoms with van der Waals surface area (Å²) in [6.45, 7) is 2.01. The monoisotopic (exact) mass is 332 g/mol. The van der Waals surface area contributed by atoms with Crippen LogP contribution in [0.5, 0.6) is 5.75 Å². The van der Waals surface area contributed by atoms with Gasteiger partial charge in [-0.25, -0.2) is 4.79 Å². The lowest BCUT2D eigenvalue weighted by Gasteiger charge is -2.13. The number of fused-ring (bicyclic) bond motifs is 1. The Morgan fingerprint density at radius 3 is 2.77 bits per heavy atom. The molecule has 1 heterocycles. The average Bonchev–Trinajstić information content (AvgIpc) is 2.49. The van der Waals surface area contributed by atoms with Crippen molar-refractivity contribution in [2.75, 3.05) is 5.75 Å². The van der Waals surface area contributed by atoms with Crippen LogP contribution in [-0.2, 0) is 0 Å². The third-order valence-electron chi connectivity index (χ3n) is 3.22. The largest absolute Gasteiger partial charge is 0.506 e. The molecule has 0 radical (unpaired) electrons. The molecule has 0 spiro atoms. The van der Waals surface area contributed by atoms with Gasteiger partial charge in [0.2, 0.25) is 0 Å². The Morgan fingerprint density at radius 1 is 1.27 bits per heavy atom. The maximum atomic E-state index is 12.5. The van der Waals surface area contributed by atoms with Gasteiger partial charge in [-0.3, -0.25) is 4.57 Å². The Kier molecular flexibility index (Phi) is 4.09. The Morgan fingerprint density at radius 2 is 2.05 bits per heavy atom. The van der Waals surface area contributed by atoms with Gasteiger partial charge in [-0.1, -0.05) is 36.7 Å². The third-order valence-corrected chi connectivity index (χ3v) is 4.33. The van der Waals surface area contributed by atoms with Crippen molar-refractivity contribution in [3.05, 3.63) is 58.0 Å². The molecule has 0 fully saturated rings. The highest BCUT2D eigenvalue weighted by molar-refractivity contribution is 7.99. The van der Waals surface area contributed by atoms with Crippen molar-refractivity contribution < 1.29 is 5.11 Å². The van der Waals surface area contributed by atoms with Crippen LogP contribution in [0.3, 0.4) is 0 Å². The number of aromatic hydroxyl groups is 1. The Balaban J connectivity index is 2.37. The fraction of sp³-hybridized carbons (Fsp3) is 0.125. The lowest BCUT2D eigenvalue weighted by Crippen LogP contribution is -2.22. The Labute approximate surface area is 136 Å². The normalized spacial score (nSPS) is 11.0. The topological polar surface area (TPSA) is 55.1 Å². The molecule has 2 aromatic carbocycles. The maximum absolute atomic E-state index is 12.5. The summed E-state index contributed by atoms with van der Waals surface area (Å²) in [6.07, 6.45) is 0. The fourth-order valence-corrected chi connectivity index (χ4v) is 3.23. The van der Waals surface area contributed by atoms with Crippen LogP contribution in [0.25, 0.3) is 16.6 Å². The van der Waals surface area contributed by atoms with Crippen molar-refractivity contribution in [1.29, 1.82) is 0 Å². The minimum absolute atomic E-state index is 0.0579. The number of nitrogens with zero attached hydrogens (tertiary/aromatic N) is 2. The van der Waals surface area contributed by atoms with Crippen molar-refractivity contribution in [2.45, 2.75) is 11.9 Å². The summed E-state index contributed by atoms with van der Waals surface area (Å²) >= 11 is 7.38. The Hall–Kier alpha value is -1.98. The summed E-state index contributed by atoms with van der Waals surface area (Å²) in [5.74, 6) is 0.768. The summed E-state index contributed by atoms with van der Waals surface area (Å²) < 4.78 is 1.40. The average molecular weight is 333 g/mol. The second kappa shape index (κ2) is 6.02. The van der Waals surface area contributed by atoms with Gasteiger partial charge < -0.3 is 5.11 Å². The van der Waals surface area contributed by atoms with E-state index in [4.69, 9.17) is 11.6 Å². The molecule has 1 N–H and O–H groups in total. The lowest BCUT2D eigenvalue weighted by molar-refractivity contribution is 0.472. The number of benzene rings is 2. The van der Waals surface area contributed by atoms with Crippen LogP contribution < -0.4 is 5.69 Å². The number of phenols is 1. The molecule has 0 saturated carbocycles. The highest BCUT2D eigenvalue weighted by Crippen LogP contribution is 2.29. The van der Waals surface area contributed by atoms with Crippen molar-refractivity contribution in [3.63, 3.8) is 0 Å². The van der Waals surface area contributed by atoms with Crippen LogP contribution in [0.1, 0.15) is 6.92 Å². The van der Waals surface area contributed by atoms with Gasteiger partial charge in [0.15, 0.2) is 0 Å². The molecule has 0 amide bonds. The van der Waals surface area contributed by atoms with Crippen molar-refractivity contribution in [3.8, 4) is 11.4 Å². The highest BCUT2D eigenvalue weighted by atomic mass is 35.5. The van der Waals surface area contributed by atoms with Gasteiger partial charge in [0, 0.05) is 16.5 Å². The van der Waals surface area contributed by atoms with Gasteiger partial charge in [0.1, 0.15) is 10.8 Å². The van der Waals surface area contributed by atoms with Crippen LogP contribution in [0.4, 0.5) is 0 Å². The zero-order valence-electron chi connectivity index (χ0n) is 11.8. The minimum Gasteiger partial charge on any atom is -0.506 e. The zero-order valence-corrected chi connectivity index (χ0v) is 13.4. The SMILES string of the molecule is CCSc1nc(=O)n(-c2ccc(Cl)cc2O)c2ccccc12. The Bertz CT molecular complexity index is 908. The molecule has 0 saturated heterocycles. The molecule has 0 aliphatic carbocycles. The standard InChI is InChI=1S/C16H13ClN2O2S/c1-2-22-15-11-5-3-4-6-12(11)19(16(21)18-15)13-8-7-10(17)9-14(13)20/h3-9,20H,2H2,1H3. The molecular formula is C16H13ClN2O2S. The van der Waals surface area contributed by atoms with Crippen LogP contribution >= 0.6 is 23.4 Å². The van der Waals surface area contributed by atoms with E-state index in [1.807, 2.05) is 31.2 Å². The van der Waals surface area contributed by atoms with E-state index in [0.29, 0.717) is 21.3 Å². The van der Waals surface area contributed by atoms with E-state index < -0.39 is 5.69 Å². The van der Waals surface area contributed by atoms with E-state index in [1.54, 1.807) is 12.1 Å². The van der Waals surface area contributed by atoms with E-state index in [1.165, 1.54) is 22.4 Å².